The van der Waals surface area contributed by atoms with Gasteiger partial charge in [-0.1, -0.05) is 150 Å². The third kappa shape index (κ3) is 23.6. The van der Waals surface area contributed by atoms with Crippen LogP contribution < -0.4 is 0 Å². The molecular formula is C36H70O4. The number of unbranched alkanes of at least 4 members (excludes halogenated alkanes) is 14. The third-order valence-corrected chi connectivity index (χ3v) is 8.79. The van der Waals surface area contributed by atoms with Crippen LogP contribution in [0.15, 0.2) is 0 Å². The summed E-state index contributed by atoms with van der Waals surface area (Å²) in [6.07, 6.45) is 28.3. The zero-order chi connectivity index (χ0) is 29.7. The van der Waals surface area contributed by atoms with Crippen molar-refractivity contribution in [3.05, 3.63) is 0 Å². The smallest absolute Gasteiger partial charge is 0.308 e. The number of carbonyl (C=O) groups is 2. The maximum atomic E-state index is 12.5. The van der Waals surface area contributed by atoms with Crippen molar-refractivity contribution in [2.45, 2.75) is 189 Å². The molecule has 0 radical (unpaired) electrons. The van der Waals surface area contributed by atoms with Gasteiger partial charge in [0.2, 0.25) is 0 Å². The number of esters is 2. The molecule has 0 bridgehead atoms. The molecule has 238 valence electrons. The first-order valence-electron chi connectivity index (χ1n) is 17.8. The van der Waals surface area contributed by atoms with Crippen molar-refractivity contribution >= 4 is 11.9 Å². The Morgan fingerprint density at radius 3 is 1.32 bits per heavy atom. The van der Waals surface area contributed by atoms with Crippen LogP contribution in [-0.2, 0) is 19.1 Å². The van der Waals surface area contributed by atoms with E-state index in [1.807, 2.05) is 0 Å². The highest BCUT2D eigenvalue weighted by molar-refractivity contribution is 5.72. The second kappa shape index (κ2) is 29.4. The van der Waals surface area contributed by atoms with Crippen LogP contribution in [0.1, 0.15) is 189 Å². The van der Waals surface area contributed by atoms with E-state index in [9.17, 15) is 9.59 Å². The topological polar surface area (TPSA) is 52.6 Å². The first kappa shape index (κ1) is 38.9. The van der Waals surface area contributed by atoms with Crippen LogP contribution in [0.25, 0.3) is 0 Å². The molecule has 0 N–H and O–H groups in total. The monoisotopic (exact) mass is 567 g/mol. The Bertz CT molecular complexity index is 561. The number of ether oxygens (including phenoxy) is 2. The average molecular weight is 567 g/mol. The van der Waals surface area contributed by atoms with Crippen LogP contribution >= 0.6 is 0 Å². The van der Waals surface area contributed by atoms with Crippen LogP contribution in [0.3, 0.4) is 0 Å². The van der Waals surface area contributed by atoms with Crippen molar-refractivity contribution in [1.82, 2.24) is 0 Å². The van der Waals surface area contributed by atoms with Gasteiger partial charge in [-0.05, 0) is 43.9 Å². The predicted molar refractivity (Wildman–Crippen MR) is 172 cm³/mol. The molecule has 0 aliphatic rings. The first-order valence-corrected chi connectivity index (χ1v) is 17.8. The van der Waals surface area contributed by atoms with Crippen molar-refractivity contribution in [2.24, 2.45) is 17.8 Å². The Morgan fingerprint density at radius 1 is 0.475 bits per heavy atom. The number of carbonyl (C=O) groups excluding carboxylic acids is 2. The van der Waals surface area contributed by atoms with Gasteiger partial charge in [0.1, 0.15) is 0 Å². The van der Waals surface area contributed by atoms with Gasteiger partial charge in [0.15, 0.2) is 0 Å². The molecule has 0 aromatic heterocycles. The fraction of sp³-hybridized carbons (Fsp3) is 0.944. The van der Waals surface area contributed by atoms with E-state index in [1.165, 1.54) is 103 Å². The largest absolute Gasteiger partial charge is 0.465 e. The maximum absolute atomic E-state index is 12.5. The molecule has 0 heterocycles. The van der Waals surface area contributed by atoms with Crippen LogP contribution in [0, 0.1) is 17.8 Å². The lowest BCUT2D eigenvalue weighted by molar-refractivity contribution is -0.150. The van der Waals surface area contributed by atoms with E-state index in [4.69, 9.17) is 9.47 Å². The SMILES string of the molecule is CCCCC(CC)COC(=O)CCCCCCCCCCCCCCCC(CC)C(=O)OCC(CC)CCCC. The van der Waals surface area contributed by atoms with Crippen molar-refractivity contribution < 1.29 is 19.1 Å². The van der Waals surface area contributed by atoms with E-state index in [2.05, 4.69) is 34.6 Å². The van der Waals surface area contributed by atoms with Gasteiger partial charge in [-0.25, -0.2) is 0 Å². The summed E-state index contributed by atoms with van der Waals surface area (Å²) in [6.45, 7) is 12.2. The lowest BCUT2D eigenvalue weighted by Gasteiger charge is -2.18. The fourth-order valence-corrected chi connectivity index (χ4v) is 5.49. The van der Waals surface area contributed by atoms with Gasteiger partial charge in [0.25, 0.3) is 0 Å². The molecule has 4 nitrogen and oxygen atoms in total. The van der Waals surface area contributed by atoms with Gasteiger partial charge in [-0.2, -0.15) is 0 Å². The molecule has 0 aliphatic carbocycles. The van der Waals surface area contributed by atoms with Gasteiger partial charge in [0.05, 0.1) is 19.1 Å². The van der Waals surface area contributed by atoms with Crippen molar-refractivity contribution in [2.75, 3.05) is 13.2 Å². The average Bonchev–Trinajstić information content (AvgIpc) is 2.97. The van der Waals surface area contributed by atoms with Crippen molar-refractivity contribution in [3.63, 3.8) is 0 Å². The lowest BCUT2D eigenvalue weighted by atomic mass is 9.97. The minimum Gasteiger partial charge on any atom is -0.465 e. The molecule has 0 spiro atoms. The molecule has 0 rings (SSSR count). The zero-order valence-electron chi connectivity index (χ0n) is 27.7. The minimum absolute atomic E-state index is 0.000834. The zero-order valence-corrected chi connectivity index (χ0v) is 27.7. The highest BCUT2D eigenvalue weighted by Gasteiger charge is 2.19. The standard InChI is InChI=1S/C36H70O4/c1-6-11-26-32(8-3)30-39-35(37)29-25-23-21-19-17-15-13-14-16-18-20-22-24-28-34(10-5)36(38)40-31-33(9-4)27-12-7-2/h32-34H,6-31H2,1-5H3. The van der Waals surface area contributed by atoms with Crippen LogP contribution in [-0.4, -0.2) is 25.2 Å². The second-order valence-electron chi connectivity index (χ2n) is 12.4. The van der Waals surface area contributed by atoms with Gasteiger partial charge in [0, 0.05) is 6.42 Å². The van der Waals surface area contributed by atoms with E-state index >= 15 is 0 Å². The van der Waals surface area contributed by atoms with Gasteiger partial charge < -0.3 is 9.47 Å². The van der Waals surface area contributed by atoms with E-state index in [0.29, 0.717) is 31.5 Å². The summed E-state index contributed by atoms with van der Waals surface area (Å²) in [6, 6.07) is 0. The summed E-state index contributed by atoms with van der Waals surface area (Å²) in [5.74, 6) is 1.20. The molecular weight excluding hydrogens is 496 g/mol. The van der Waals surface area contributed by atoms with Crippen molar-refractivity contribution in [1.29, 1.82) is 0 Å². The van der Waals surface area contributed by atoms with Crippen LogP contribution in [0.5, 0.6) is 0 Å². The molecule has 4 heteroatoms. The highest BCUT2D eigenvalue weighted by Crippen LogP contribution is 2.20. The quantitative estimate of drug-likeness (QED) is 0.0641. The summed E-state index contributed by atoms with van der Waals surface area (Å²) >= 11 is 0. The Balaban J connectivity index is 3.56. The molecule has 3 atom stereocenters. The summed E-state index contributed by atoms with van der Waals surface area (Å²) in [7, 11) is 0. The van der Waals surface area contributed by atoms with E-state index < -0.39 is 0 Å². The summed E-state index contributed by atoms with van der Waals surface area (Å²) in [5, 5.41) is 0. The molecule has 0 saturated carbocycles. The van der Waals surface area contributed by atoms with Gasteiger partial charge in [-0.3, -0.25) is 9.59 Å². The Labute approximate surface area is 250 Å². The molecule has 0 saturated heterocycles. The van der Waals surface area contributed by atoms with Gasteiger partial charge in [-0.15, -0.1) is 0 Å². The lowest BCUT2D eigenvalue weighted by Crippen LogP contribution is -2.21. The molecule has 40 heavy (non-hydrogen) atoms. The molecule has 0 aromatic carbocycles. The molecule has 0 fully saturated rings. The Morgan fingerprint density at radius 2 is 0.900 bits per heavy atom. The Hall–Kier alpha value is -1.06. The first-order chi connectivity index (χ1) is 19.5. The van der Waals surface area contributed by atoms with E-state index in [-0.39, 0.29) is 17.9 Å². The molecule has 0 aliphatic heterocycles. The van der Waals surface area contributed by atoms with E-state index in [1.54, 1.807) is 0 Å². The summed E-state index contributed by atoms with van der Waals surface area (Å²) in [5.41, 5.74) is 0. The van der Waals surface area contributed by atoms with Crippen molar-refractivity contribution in [3.8, 4) is 0 Å². The fourth-order valence-electron chi connectivity index (χ4n) is 5.49. The molecule has 0 amide bonds. The Kier molecular flexibility index (Phi) is 28.7. The van der Waals surface area contributed by atoms with Crippen LogP contribution in [0.2, 0.25) is 0 Å². The van der Waals surface area contributed by atoms with Crippen LogP contribution in [0.4, 0.5) is 0 Å². The summed E-state index contributed by atoms with van der Waals surface area (Å²) < 4.78 is 11.2. The van der Waals surface area contributed by atoms with Gasteiger partial charge >= 0.3 is 11.9 Å². The maximum Gasteiger partial charge on any atom is 0.308 e. The number of hydrogen-bond acceptors (Lipinski definition) is 4. The highest BCUT2D eigenvalue weighted by atomic mass is 16.5. The number of hydrogen-bond donors (Lipinski definition) is 0. The summed E-state index contributed by atoms with van der Waals surface area (Å²) in [4.78, 5) is 24.5. The third-order valence-electron chi connectivity index (χ3n) is 8.79. The minimum atomic E-state index is 0.000834. The molecule has 3 unspecified atom stereocenters. The number of rotatable bonds is 30. The predicted octanol–water partition coefficient (Wildman–Crippen LogP) is 11.4. The second-order valence-corrected chi connectivity index (χ2v) is 12.4. The normalized spacial score (nSPS) is 13.6. The molecule has 0 aromatic rings. The van der Waals surface area contributed by atoms with E-state index in [0.717, 1.165) is 44.9 Å².